The van der Waals surface area contributed by atoms with E-state index in [4.69, 9.17) is 0 Å². The number of nitrogens with zero attached hydrogens (tertiary/aromatic N) is 2. The number of rotatable bonds is 5. The quantitative estimate of drug-likeness (QED) is 0.673. The predicted molar refractivity (Wildman–Crippen MR) is 55.0 cm³/mol. The van der Waals surface area contributed by atoms with Crippen molar-refractivity contribution in [2.24, 2.45) is 10.4 Å². The summed E-state index contributed by atoms with van der Waals surface area (Å²) in [6.45, 7) is 1.96. The Labute approximate surface area is 82.3 Å². The number of aryl methyl sites for hydroxylation is 1. The van der Waals surface area contributed by atoms with Gasteiger partial charge in [-0.1, -0.05) is 41.5 Å². The zero-order chi connectivity index (χ0) is 10.4. The minimum Gasteiger partial charge on any atom is -0.151 e. The molecule has 0 saturated carbocycles. The summed E-state index contributed by atoms with van der Waals surface area (Å²) in [6.07, 6.45) is 0.950. The maximum atomic E-state index is 10.4. The van der Waals surface area contributed by atoms with Gasteiger partial charge in [0.1, 0.15) is 12.6 Å². The molecule has 0 spiro atoms. The van der Waals surface area contributed by atoms with Crippen LogP contribution in [0.25, 0.3) is 0 Å². The topological polar surface area (TPSA) is 58.9 Å². The van der Waals surface area contributed by atoms with Crippen LogP contribution in [0.4, 0.5) is 0 Å². The number of hydrogen-bond donors (Lipinski definition) is 0. The first-order valence-electron chi connectivity index (χ1n) is 4.52. The smallest absolute Gasteiger partial charge is 0.140 e. The van der Waals surface area contributed by atoms with Crippen molar-refractivity contribution in [2.75, 3.05) is 6.54 Å². The third kappa shape index (κ3) is 2.45. The highest BCUT2D eigenvalue weighted by atomic mass is 16.3. The summed E-state index contributed by atoms with van der Waals surface area (Å²) in [5, 5.41) is 5.54. The highest BCUT2D eigenvalue weighted by molar-refractivity contribution is 5.25. The molecule has 0 heterocycles. The Morgan fingerprint density at radius 2 is 1.86 bits per heavy atom. The van der Waals surface area contributed by atoms with Gasteiger partial charge in [0.2, 0.25) is 0 Å². The maximum Gasteiger partial charge on any atom is 0.140 e. The van der Waals surface area contributed by atoms with Crippen LogP contribution in [0.5, 0.6) is 0 Å². The Bertz CT molecular complexity index is 308. The van der Waals surface area contributed by atoms with Crippen LogP contribution in [0.3, 0.4) is 0 Å². The second-order valence-electron chi connectivity index (χ2n) is 3.03. The third-order valence-corrected chi connectivity index (χ3v) is 2.15. The van der Waals surface area contributed by atoms with Crippen molar-refractivity contribution in [3.63, 3.8) is 0 Å². The predicted octanol–water partition coefficient (Wildman–Crippen LogP) is 2.82. The number of benzene rings is 1. The van der Waals surface area contributed by atoms with Gasteiger partial charge < -0.3 is 0 Å². The van der Waals surface area contributed by atoms with Crippen LogP contribution in [-0.4, -0.2) is 6.54 Å². The molecule has 74 valence electrons. The summed E-state index contributed by atoms with van der Waals surface area (Å²) in [5.74, 6) is 0. The standard InChI is InChI=1S/C10H12N2O2/c1-2-8-3-5-9(6-4-8)10(12-14)7-11-13/h3-6,10H,2,7H2,1H3. The van der Waals surface area contributed by atoms with Crippen LogP contribution in [0.2, 0.25) is 0 Å². The molecular formula is C10H12N2O2. The molecule has 0 aliphatic heterocycles. The van der Waals surface area contributed by atoms with Gasteiger partial charge in [-0.2, -0.15) is 9.81 Å². The van der Waals surface area contributed by atoms with Crippen LogP contribution < -0.4 is 0 Å². The summed E-state index contributed by atoms with van der Waals surface area (Å²) < 4.78 is 0. The van der Waals surface area contributed by atoms with Crippen molar-refractivity contribution >= 4 is 0 Å². The van der Waals surface area contributed by atoms with Crippen LogP contribution in [-0.2, 0) is 6.42 Å². The normalized spacial score (nSPS) is 12.1. The SMILES string of the molecule is CCc1ccc(C(CN=O)N=O)cc1. The highest BCUT2D eigenvalue weighted by Crippen LogP contribution is 2.18. The summed E-state index contributed by atoms with van der Waals surface area (Å²) in [6, 6.07) is 6.85. The summed E-state index contributed by atoms with van der Waals surface area (Å²) >= 11 is 0. The summed E-state index contributed by atoms with van der Waals surface area (Å²) in [5.41, 5.74) is 1.94. The van der Waals surface area contributed by atoms with E-state index in [0.29, 0.717) is 0 Å². The average molecular weight is 192 g/mol. The van der Waals surface area contributed by atoms with E-state index in [-0.39, 0.29) is 6.54 Å². The Hall–Kier alpha value is -1.58. The van der Waals surface area contributed by atoms with Gasteiger partial charge in [-0.25, -0.2) is 0 Å². The maximum absolute atomic E-state index is 10.4. The van der Waals surface area contributed by atoms with E-state index < -0.39 is 6.04 Å². The lowest BCUT2D eigenvalue weighted by molar-refractivity contribution is 0.730. The van der Waals surface area contributed by atoms with Crippen molar-refractivity contribution in [3.05, 3.63) is 45.2 Å². The zero-order valence-corrected chi connectivity index (χ0v) is 8.01. The fraction of sp³-hybridized carbons (Fsp3) is 0.400. The van der Waals surface area contributed by atoms with Crippen molar-refractivity contribution in [2.45, 2.75) is 19.4 Å². The Morgan fingerprint density at radius 3 is 2.29 bits per heavy atom. The van der Waals surface area contributed by atoms with E-state index in [1.54, 1.807) is 0 Å². The molecule has 1 unspecified atom stereocenters. The first kappa shape index (κ1) is 10.5. The molecule has 4 heteroatoms. The van der Waals surface area contributed by atoms with Gasteiger partial charge in [0, 0.05) is 0 Å². The van der Waals surface area contributed by atoms with Crippen LogP contribution in [0, 0.1) is 9.81 Å². The van der Waals surface area contributed by atoms with Crippen molar-refractivity contribution in [1.29, 1.82) is 0 Å². The van der Waals surface area contributed by atoms with Gasteiger partial charge in [-0.15, -0.1) is 0 Å². The lowest BCUT2D eigenvalue weighted by atomic mass is 10.0. The van der Waals surface area contributed by atoms with E-state index >= 15 is 0 Å². The van der Waals surface area contributed by atoms with Crippen molar-refractivity contribution in [3.8, 4) is 0 Å². The fourth-order valence-electron chi connectivity index (χ4n) is 1.25. The summed E-state index contributed by atoms with van der Waals surface area (Å²) in [7, 11) is 0. The largest absolute Gasteiger partial charge is 0.151 e. The second-order valence-corrected chi connectivity index (χ2v) is 3.03. The monoisotopic (exact) mass is 192 g/mol. The average Bonchev–Trinajstić information content (AvgIpc) is 2.26. The van der Waals surface area contributed by atoms with E-state index in [1.807, 2.05) is 24.3 Å². The van der Waals surface area contributed by atoms with Crippen LogP contribution >= 0.6 is 0 Å². The van der Waals surface area contributed by atoms with Gasteiger partial charge in [-0.05, 0) is 17.5 Å². The van der Waals surface area contributed by atoms with Crippen molar-refractivity contribution in [1.82, 2.24) is 0 Å². The molecule has 0 radical (unpaired) electrons. The highest BCUT2D eigenvalue weighted by Gasteiger charge is 2.11. The molecule has 0 aromatic heterocycles. The Balaban J connectivity index is 2.82. The molecule has 0 aliphatic rings. The molecule has 0 saturated heterocycles. The number of hydrogen-bond acceptors (Lipinski definition) is 4. The van der Waals surface area contributed by atoms with Crippen LogP contribution in [0.1, 0.15) is 24.1 Å². The number of nitroso groups, excluding NO2 is 2. The van der Waals surface area contributed by atoms with E-state index in [2.05, 4.69) is 17.3 Å². The molecule has 1 aromatic carbocycles. The molecule has 0 bridgehead atoms. The first-order chi connectivity index (χ1) is 6.81. The van der Waals surface area contributed by atoms with Crippen LogP contribution in [0.15, 0.2) is 34.6 Å². The van der Waals surface area contributed by atoms with Crippen molar-refractivity contribution < 1.29 is 0 Å². The van der Waals surface area contributed by atoms with Gasteiger partial charge in [0.05, 0.1) is 0 Å². The molecule has 4 nitrogen and oxygen atoms in total. The molecule has 0 aliphatic carbocycles. The molecular weight excluding hydrogens is 180 g/mol. The van der Waals surface area contributed by atoms with Gasteiger partial charge in [0.25, 0.3) is 0 Å². The third-order valence-electron chi connectivity index (χ3n) is 2.15. The summed E-state index contributed by atoms with van der Waals surface area (Å²) in [4.78, 5) is 20.4. The van der Waals surface area contributed by atoms with E-state index in [0.717, 1.165) is 12.0 Å². The molecule has 0 fully saturated rings. The first-order valence-corrected chi connectivity index (χ1v) is 4.52. The Kier molecular flexibility index (Phi) is 3.91. The minimum absolute atomic E-state index is 0.0883. The molecule has 1 aromatic rings. The minimum atomic E-state index is -0.640. The molecule has 1 atom stereocenters. The van der Waals surface area contributed by atoms with E-state index in [9.17, 15) is 9.81 Å². The lowest BCUT2D eigenvalue weighted by Crippen LogP contribution is -1.98. The molecule has 14 heavy (non-hydrogen) atoms. The molecule has 0 N–H and O–H groups in total. The van der Waals surface area contributed by atoms with Gasteiger partial charge >= 0.3 is 0 Å². The van der Waals surface area contributed by atoms with Gasteiger partial charge in [-0.3, -0.25) is 0 Å². The lowest BCUT2D eigenvalue weighted by Gasteiger charge is -2.05. The van der Waals surface area contributed by atoms with Gasteiger partial charge in [0.15, 0.2) is 0 Å². The van der Waals surface area contributed by atoms with E-state index in [1.165, 1.54) is 5.56 Å². The molecule has 0 amide bonds. The molecule has 1 rings (SSSR count). The second kappa shape index (κ2) is 5.21. The Morgan fingerprint density at radius 1 is 1.21 bits per heavy atom. The zero-order valence-electron chi connectivity index (χ0n) is 8.01. The fourth-order valence-corrected chi connectivity index (χ4v) is 1.25.